The summed E-state index contributed by atoms with van der Waals surface area (Å²) in [6.45, 7) is 0.670. The van der Waals surface area contributed by atoms with Crippen LogP contribution in [0.1, 0.15) is 48.9 Å². The van der Waals surface area contributed by atoms with Gasteiger partial charge in [-0.05, 0) is 56.6 Å². The lowest BCUT2D eigenvalue weighted by atomic mass is 9.90. The Kier molecular flexibility index (Phi) is 4.10. The lowest BCUT2D eigenvalue weighted by Gasteiger charge is -2.39. The first-order valence-corrected chi connectivity index (χ1v) is 7.95. The predicted octanol–water partition coefficient (Wildman–Crippen LogP) is 1.60. The molecule has 5 heteroatoms. The van der Waals surface area contributed by atoms with E-state index in [9.17, 15) is 5.11 Å². The minimum atomic E-state index is 0.0770. The lowest BCUT2D eigenvalue weighted by Crippen LogP contribution is -2.43. The Hall–Kier alpha value is -1.62. The van der Waals surface area contributed by atoms with E-state index < -0.39 is 0 Å². The van der Waals surface area contributed by atoms with Crippen molar-refractivity contribution < 1.29 is 5.11 Å². The number of pyridine rings is 1. The van der Waals surface area contributed by atoms with Crippen LogP contribution in [0.4, 0.5) is 5.82 Å². The Morgan fingerprint density at radius 3 is 2.71 bits per heavy atom. The van der Waals surface area contributed by atoms with Crippen molar-refractivity contribution in [3.63, 3.8) is 0 Å². The summed E-state index contributed by atoms with van der Waals surface area (Å²) in [4.78, 5) is 7.01. The van der Waals surface area contributed by atoms with E-state index >= 15 is 0 Å². The fourth-order valence-corrected chi connectivity index (χ4v) is 3.31. The molecular formula is C16H24N4O. The first kappa shape index (κ1) is 14.3. The fourth-order valence-electron chi connectivity index (χ4n) is 3.31. The molecule has 0 radical (unpaired) electrons. The van der Waals surface area contributed by atoms with Crippen LogP contribution in [0.15, 0.2) is 6.07 Å². The molecule has 0 spiro atoms. The number of anilines is 1. The molecule has 0 aromatic carbocycles. The zero-order valence-corrected chi connectivity index (χ0v) is 12.4. The van der Waals surface area contributed by atoms with Crippen molar-refractivity contribution in [2.75, 3.05) is 18.1 Å². The Bertz CT molecular complexity index is 539. The number of nitrogens with one attached hydrogen (secondary N) is 1. The summed E-state index contributed by atoms with van der Waals surface area (Å²) in [5.41, 5.74) is 8.93. The number of aliphatic hydroxyl groups excluding tert-OH is 1. The Morgan fingerprint density at radius 1 is 1.33 bits per heavy atom. The molecule has 2 aliphatic rings. The molecule has 0 amide bonds. The first-order chi connectivity index (χ1) is 10.2. The maximum Gasteiger partial charge on any atom is 0.140 e. The molecule has 0 atom stereocenters. The van der Waals surface area contributed by atoms with E-state index in [2.05, 4.69) is 11.0 Å². The van der Waals surface area contributed by atoms with Gasteiger partial charge in [-0.1, -0.05) is 0 Å². The third kappa shape index (κ3) is 2.75. The van der Waals surface area contributed by atoms with Gasteiger partial charge in [0, 0.05) is 18.3 Å². The number of rotatable bonds is 5. The van der Waals surface area contributed by atoms with Crippen LogP contribution < -0.4 is 10.6 Å². The molecule has 114 valence electrons. The van der Waals surface area contributed by atoms with Crippen molar-refractivity contribution in [1.82, 2.24) is 4.98 Å². The average Bonchev–Trinajstić information content (AvgIpc) is 2.43. The average molecular weight is 288 g/mol. The minimum Gasteiger partial charge on any atom is -0.395 e. The number of aromatic nitrogens is 1. The quantitative estimate of drug-likeness (QED) is 0.567. The molecule has 0 unspecified atom stereocenters. The fraction of sp³-hybridized carbons (Fsp3) is 0.625. The molecule has 1 fully saturated rings. The van der Waals surface area contributed by atoms with Crippen LogP contribution in [0.2, 0.25) is 0 Å². The lowest BCUT2D eigenvalue weighted by molar-refractivity contribution is 0.283. The number of amidine groups is 1. The maximum absolute atomic E-state index is 9.38. The zero-order valence-electron chi connectivity index (χ0n) is 12.4. The van der Waals surface area contributed by atoms with Crippen molar-refractivity contribution in [2.24, 2.45) is 5.73 Å². The van der Waals surface area contributed by atoms with E-state index in [4.69, 9.17) is 16.1 Å². The second kappa shape index (κ2) is 6.02. The zero-order chi connectivity index (χ0) is 14.8. The Morgan fingerprint density at radius 2 is 2.10 bits per heavy atom. The normalized spacial score (nSPS) is 18.0. The highest BCUT2D eigenvalue weighted by atomic mass is 16.3. The molecule has 3 rings (SSSR count). The highest BCUT2D eigenvalue weighted by Crippen LogP contribution is 2.32. The molecule has 2 aliphatic carbocycles. The predicted molar refractivity (Wildman–Crippen MR) is 84.0 cm³/mol. The summed E-state index contributed by atoms with van der Waals surface area (Å²) in [7, 11) is 0. The van der Waals surface area contributed by atoms with Crippen LogP contribution in [0, 0.1) is 5.41 Å². The number of nitrogens with two attached hydrogens (primary N) is 1. The van der Waals surface area contributed by atoms with Gasteiger partial charge in [0.05, 0.1) is 12.2 Å². The number of nitrogen functional groups attached to an aromatic ring is 1. The molecule has 1 aromatic heterocycles. The van der Waals surface area contributed by atoms with Crippen LogP contribution in [0.3, 0.4) is 0 Å². The summed E-state index contributed by atoms with van der Waals surface area (Å²) in [5.74, 6) is 0.884. The van der Waals surface area contributed by atoms with E-state index in [0.717, 1.165) is 42.8 Å². The van der Waals surface area contributed by atoms with Gasteiger partial charge in [-0.15, -0.1) is 0 Å². The Balaban J connectivity index is 2.03. The number of nitrogens with zero attached hydrogens (tertiary/aromatic N) is 2. The van der Waals surface area contributed by atoms with Gasteiger partial charge in [0.15, 0.2) is 0 Å². The standard InChI is InChI=1S/C16H24N4O/c17-15(18)13-10-11-4-1-2-7-14(11)19-16(13)20(8-9-21)12-5-3-6-12/h10,12,21H,1-9H2,(H3,17,18). The molecule has 1 heterocycles. The summed E-state index contributed by atoms with van der Waals surface area (Å²) < 4.78 is 0. The van der Waals surface area contributed by atoms with E-state index in [1.54, 1.807) is 0 Å². The molecule has 1 aromatic rings. The second-order valence-electron chi connectivity index (χ2n) is 6.09. The van der Waals surface area contributed by atoms with Gasteiger partial charge in [0.25, 0.3) is 0 Å². The smallest absolute Gasteiger partial charge is 0.140 e. The summed E-state index contributed by atoms with van der Waals surface area (Å²) in [5, 5.41) is 17.3. The van der Waals surface area contributed by atoms with Gasteiger partial charge in [-0.2, -0.15) is 0 Å². The van der Waals surface area contributed by atoms with Crippen molar-refractivity contribution in [3.05, 3.63) is 22.9 Å². The van der Waals surface area contributed by atoms with Gasteiger partial charge in [-0.3, -0.25) is 5.41 Å². The van der Waals surface area contributed by atoms with E-state index in [-0.39, 0.29) is 12.4 Å². The van der Waals surface area contributed by atoms with Crippen molar-refractivity contribution in [2.45, 2.75) is 51.0 Å². The van der Waals surface area contributed by atoms with Crippen LogP contribution >= 0.6 is 0 Å². The SMILES string of the molecule is N=C(N)c1cc2c(nc1N(CCO)C1CCC1)CCCC2. The topological polar surface area (TPSA) is 86.2 Å². The highest BCUT2D eigenvalue weighted by molar-refractivity contribution is 6.00. The molecule has 4 N–H and O–H groups in total. The number of aliphatic hydroxyl groups is 1. The van der Waals surface area contributed by atoms with Crippen molar-refractivity contribution >= 4 is 11.7 Å². The van der Waals surface area contributed by atoms with Crippen LogP contribution in [0.25, 0.3) is 0 Å². The van der Waals surface area contributed by atoms with Gasteiger partial charge in [0.1, 0.15) is 11.7 Å². The third-order valence-electron chi connectivity index (χ3n) is 4.70. The van der Waals surface area contributed by atoms with Crippen molar-refractivity contribution in [3.8, 4) is 0 Å². The van der Waals surface area contributed by atoms with E-state index in [1.807, 2.05) is 0 Å². The molecule has 21 heavy (non-hydrogen) atoms. The maximum atomic E-state index is 9.38. The largest absolute Gasteiger partial charge is 0.395 e. The van der Waals surface area contributed by atoms with Crippen molar-refractivity contribution in [1.29, 1.82) is 5.41 Å². The molecule has 5 nitrogen and oxygen atoms in total. The molecule has 0 bridgehead atoms. The van der Waals surface area contributed by atoms with Crippen LogP contribution in [-0.4, -0.2) is 35.1 Å². The summed E-state index contributed by atoms with van der Waals surface area (Å²) in [6.07, 6.45) is 7.92. The molecule has 0 saturated heterocycles. The third-order valence-corrected chi connectivity index (χ3v) is 4.70. The van der Waals surface area contributed by atoms with Crippen LogP contribution in [-0.2, 0) is 12.8 Å². The minimum absolute atomic E-state index is 0.0770. The van der Waals surface area contributed by atoms with Gasteiger partial charge < -0.3 is 15.7 Å². The number of hydrogen-bond acceptors (Lipinski definition) is 4. The molecule has 1 saturated carbocycles. The monoisotopic (exact) mass is 288 g/mol. The van der Waals surface area contributed by atoms with Gasteiger partial charge in [0.2, 0.25) is 0 Å². The Labute approximate surface area is 125 Å². The molecule has 0 aliphatic heterocycles. The van der Waals surface area contributed by atoms with Crippen LogP contribution in [0.5, 0.6) is 0 Å². The summed E-state index contributed by atoms with van der Waals surface area (Å²) >= 11 is 0. The second-order valence-corrected chi connectivity index (χ2v) is 6.09. The highest BCUT2D eigenvalue weighted by Gasteiger charge is 2.29. The number of aryl methyl sites for hydroxylation is 2. The number of fused-ring (bicyclic) bond motifs is 1. The van der Waals surface area contributed by atoms with E-state index in [0.29, 0.717) is 12.6 Å². The molecular weight excluding hydrogens is 264 g/mol. The first-order valence-electron chi connectivity index (χ1n) is 7.95. The van der Waals surface area contributed by atoms with E-state index in [1.165, 1.54) is 24.8 Å². The van der Waals surface area contributed by atoms with Gasteiger partial charge in [-0.25, -0.2) is 4.98 Å². The number of hydrogen-bond donors (Lipinski definition) is 3. The van der Waals surface area contributed by atoms with Gasteiger partial charge >= 0.3 is 0 Å². The summed E-state index contributed by atoms with van der Waals surface area (Å²) in [6, 6.07) is 2.49.